The Kier molecular flexibility index (Phi) is 2.57. The van der Waals surface area contributed by atoms with Crippen LogP contribution in [0.25, 0.3) is 10.4 Å². The third kappa shape index (κ3) is 1.64. The van der Waals surface area contributed by atoms with Crippen LogP contribution in [0.3, 0.4) is 0 Å². The number of hydrogen-bond donors (Lipinski definition) is 0. The molecule has 1 aliphatic carbocycles. The van der Waals surface area contributed by atoms with Crippen LogP contribution in [0.4, 0.5) is 0 Å². The molecule has 1 aliphatic rings. The van der Waals surface area contributed by atoms with Crippen LogP contribution in [0.1, 0.15) is 6.92 Å². The molecule has 0 aromatic rings. The zero-order valence-corrected chi connectivity index (χ0v) is 5.73. The highest BCUT2D eigenvalue weighted by molar-refractivity contribution is 5.38. The van der Waals surface area contributed by atoms with Crippen LogP contribution >= 0.6 is 0 Å². The van der Waals surface area contributed by atoms with Crippen LogP contribution in [-0.2, 0) is 0 Å². The molecule has 51 valence electrons. The second-order valence-corrected chi connectivity index (χ2v) is 2.10. The molecule has 0 N–H and O–H groups in total. The van der Waals surface area contributed by atoms with Crippen LogP contribution in [0.15, 0.2) is 5.11 Å². The second-order valence-electron chi connectivity index (χ2n) is 2.10. The van der Waals surface area contributed by atoms with E-state index < -0.39 is 0 Å². The van der Waals surface area contributed by atoms with E-state index in [1.54, 1.807) is 0 Å². The smallest absolute Gasteiger partial charge is 0.0413 e. The molecular weight excluding hydrogens is 126 g/mol. The first-order valence-electron chi connectivity index (χ1n) is 3.10. The molecule has 3 nitrogen and oxygen atoms in total. The SMILES string of the molecule is C[C@H](N=[N+]=[N-])[C]1[CH][CH][CH][CH]1. The molecule has 1 saturated carbocycles. The second kappa shape index (κ2) is 3.47. The average Bonchev–Trinajstić information content (AvgIpc) is 2.38. The van der Waals surface area contributed by atoms with Gasteiger partial charge in [0, 0.05) is 11.0 Å². The van der Waals surface area contributed by atoms with Gasteiger partial charge >= 0.3 is 0 Å². The molecule has 0 aromatic carbocycles. The molecule has 0 bridgehead atoms. The maximum absolute atomic E-state index is 8.09. The number of nitrogens with zero attached hydrogens (tertiary/aromatic N) is 3. The highest BCUT2D eigenvalue weighted by Gasteiger charge is 2.21. The molecule has 1 atom stereocenters. The summed E-state index contributed by atoms with van der Waals surface area (Å²) in [5, 5.41) is 3.55. The fourth-order valence-corrected chi connectivity index (χ4v) is 0.812. The Morgan fingerprint density at radius 1 is 1.50 bits per heavy atom. The minimum atomic E-state index is -0.0417. The quantitative estimate of drug-likeness (QED) is 0.315. The van der Waals surface area contributed by atoms with E-state index in [1.807, 2.05) is 32.6 Å². The van der Waals surface area contributed by atoms with Crippen molar-refractivity contribution in [2.75, 3.05) is 0 Å². The zero-order chi connectivity index (χ0) is 7.40. The standard InChI is InChI=1S/C7H8N3/c1-6(9-10-8)7-4-2-3-5-7/h2-6H,1H3/t6-/m0/s1. The summed E-state index contributed by atoms with van der Waals surface area (Å²) in [5.74, 6) is 1.07. The van der Waals surface area contributed by atoms with Gasteiger partial charge in [-0.3, -0.25) is 0 Å². The van der Waals surface area contributed by atoms with E-state index in [4.69, 9.17) is 5.53 Å². The van der Waals surface area contributed by atoms with Crippen LogP contribution in [0.2, 0.25) is 0 Å². The molecule has 1 fully saturated rings. The van der Waals surface area contributed by atoms with E-state index in [0.29, 0.717) is 0 Å². The lowest BCUT2D eigenvalue weighted by atomic mass is 10.0. The predicted octanol–water partition coefficient (Wildman–Crippen LogP) is 2.09. The number of azide groups is 1. The Balaban J connectivity index is 2.39. The monoisotopic (exact) mass is 134 g/mol. The molecule has 0 aliphatic heterocycles. The molecule has 0 spiro atoms. The molecule has 0 unspecified atom stereocenters. The van der Waals surface area contributed by atoms with Gasteiger partial charge in [-0.2, -0.15) is 0 Å². The Hall–Kier alpha value is -0.690. The topological polar surface area (TPSA) is 48.8 Å². The molecule has 0 aromatic heterocycles. The Labute approximate surface area is 61.1 Å². The van der Waals surface area contributed by atoms with Gasteiger partial charge in [-0.25, -0.2) is 0 Å². The van der Waals surface area contributed by atoms with Crippen molar-refractivity contribution in [2.45, 2.75) is 13.0 Å². The van der Waals surface area contributed by atoms with Gasteiger partial charge in [0.25, 0.3) is 0 Å². The van der Waals surface area contributed by atoms with E-state index in [9.17, 15) is 0 Å². The summed E-state index contributed by atoms with van der Waals surface area (Å²) in [6.45, 7) is 1.87. The van der Waals surface area contributed by atoms with Crippen LogP contribution in [-0.4, -0.2) is 6.04 Å². The molecule has 5 radical (unpaired) electrons. The van der Waals surface area contributed by atoms with E-state index in [1.165, 1.54) is 0 Å². The first-order valence-corrected chi connectivity index (χ1v) is 3.10. The van der Waals surface area contributed by atoms with Crippen LogP contribution in [0, 0.1) is 31.6 Å². The molecule has 0 saturated heterocycles. The van der Waals surface area contributed by atoms with Crippen molar-refractivity contribution in [3.8, 4) is 0 Å². The van der Waals surface area contributed by atoms with Crippen molar-refractivity contribution < 1.29 is 0 Å². The lowest BCUT2D eigenvalue weighted by Gasteiger charge is -2.09. The van der Waals surface area contributed by atoms with Crippen molar-refractivity contribution >= 4 is 0 Å². The highest BCUT2D eigenvalue weighted by atomic mass is 15.1. The fourth-order valence-electron chi connectivity index (χ4n) is 0.812. The van der Waals surface area contributed by atoms with Gasteiger partial charge in [0.15, 0.2) is 0 Å². The normalized spacial score (nSPS) is 22.1. The summed E-state index contributed by atoms with van der Waals surface area (Å²) in [5.41, 5.74) is 8.09. The van der Waals surface area contributed by atoms with Crippen LogP contribution < -0.4 is 0 Å². The minimum Gasteiger partial charge on any atom is -0.0903 e. The molecule has 0 amide bonds. The van der Waals surface area contributed by atoms with Gasteiger partial charge in [-0.05, 0) is 37.1 Å². The first-order chi connectivity index (χ1) is 4.84. The van der Waals surface area contributed by atoms with Gasteiger partial charge in [0.05, 0.1) is 0 Å². The lowest BCUT2D eigenvalue weighted by molar-refractivity contribution is 0.792. The Bertz CT molecular complexity index is 143. The van der Waals surface area contributed by atoms with Gasteiger partial charge in [-0.15, -0.1) is 0 Å². The minimum absolute atomic E-state index is 0.0417. The Morgan fingerprint density at radius 3 is 2.60 bits per heavy atom. The molecule has 0 heterocycles. The highest BCUT2D eigenvalue weighted by Crippen LogP contribution is 2.27. The van der Waals surface area contributed by atoms with Crippen molar-refractivity contribution in [2.24, 2.45) is 5.11 Å². The average molecular weight is 134 g/mol. The molecule has 10 heavy (non-hydrogen) atoms. The number of hydrogen-bond acceptors (Lipinski definition) is 1. The van der Waals surface area contributed by atoms with E-state index in [-0.39, 0.29) is 6.04 Å². The van der Waals surface area contributed by atoms with Gasteiger partial charge in [0.2, 0.25) is 0 Å². The van der Waals surface area contributed by atoms with Crippen molar-refractivity contribution in [3.05, 3.63) is 42.0 Å². The van der Waals surface area contributed by atoms with Crippen molar-refractivity contribution in [1.29, 1.82) is 0 Å². The first kappa shape index (κ1) is 7.42. The summed E-state index contributed by atoms with van der Waals surface area (Å²) < 4.78 is 0. The van der Waals surface area contributed by atoms with E-state index in [2.05, 4.69) is 10.0 Å². The van der Waals surface area contributed by atoms with Gasteiger partial charge < -0.3 is 0 Å². The Morgan fingerprint density at radius 2 is 2.10 bits per heavy atom. The summed E-state index contributed by atoms with van der Waals surface area (Å²) in [6, 6.07) is -0.0417. The summed E-state index contributed by atoms with van der Waals surface area (Å²) in [7, 11) is 0. The summed E-state index contributed by atoms with van der Waals surface area (Å²) >= 11 is 0. The predicted molar refractivity (Wildman–Crippen MR) is 39.1 cm³/mol. The van der Waals surface area contributed by atoms with Crippen molar-refractivity contribution in [1.82, 2.24) is 0 Å². The third-order valence-corrected chi connectivity index (χ3v) is 1.40. The van der Waals surface area contributed by atoms with Gasteiger partial charge in [-0.1, -0.05) is 12.0 Å². The summed E-state index contributed by atoms with van der Waals surface area (Å²) in [6.07, 6.45) is 7.75. The van der Waals surface area contributed by atoms with Gasteiger partial charge in [0.1, 0.15) is 0 Å². The van der Waals surface area contributed by atoms with Crippen molar-refractivity contribution in [3.63, 3.8) is 0 Å². The maximum atomic E-state index is 8.09. The maximum Gasteiger partial charge on any atom is 0.0413 e. The van der Waals surface area contributed by atoms with Crippen LogP contribution in [0.5, 0.6) is 0 Å². The molecule has 1 rings (SSSR count). The molecular formula is C7H8N3. The van der Waals surface area contributed by atoms with E-state index in [0.717, 1.165) is 5.92 Å². The fraction of sp³-hybridized carbons (Fsp3) is 0.286. The third-order valence-electron chi connectivity index (χ3n) is 1.40. The molecule has 3 heteroatoms. The lowest BCUT2D eigenvalue weighted by Crippen LogP contribution is -2.08. The number of rotatable bonds is 2. The largest absolute Gasteiger partial charge is 0.0903 e. The zero-order valence-electron chi connectivity index (χ0n) is 5.73. The summed E-state index contributed by atoms with van der Waals surface area (Å²) in [4.78, 5) is 2.72. The van der Waals surface area contributed by atoms with E-state index >= 15 is 0 Å².